The maximum atomic E-state index is 11.9. The average Bonchev–Trinajstić information content (AvgIpc) is 2.29. The van der Waals surface area contributed by atoms with E-state index in [1.807, 2.05) is 6.92 Å². The first-order chi connectivity index (χ1) is 7.51. The molecule has 0 aromatic rings. The Labute approximate surface area is 98.7 Å². The van der Waals surface area contributed by atoms with Crippen molar-refractivity contribution in [1.29, 1.82) is 0 Å². The Hall–Kier alpha value is -0.570. The van der Waals surface area contributed by atoms with Crippen LogP contribution in [0.5, 0.6) is 0 Å². The number of carbonyl (C=O) groups is 1. The first kappa shape index (κ1) is 13.5. The minimum atomic E-state index is -0.824. The van der Waals surface area contributed by atoms with Crippen LogP contribution in [-0.2, 0) is 9.53 Å². The third kappa shape index (κ3) is 3.21. The number of nitrogens with two attached hydrogens (primary N) is 1. The molecule has 3 atom stereocenters. The van der Waals surface area contributed by atoms with Gasteiger partial charge >= 0.3 is 5.97 Å². The van der Waals surface area contributed by atoms with E-state index in [4.69, 9.17) is 10.5 Å². The van der Waals surface area contributed by atoms with Crippen molar-refractivity contribution in [3.8, 4) is 0 Å². The van der Waals surface area contributed by atoms with Gasteiger partial charge < -0.3 is 10.5 Å². The molecule has 1 saturated carbocycles. The fraction of sp³-hybridized carbons (Fsp3) is 0.923. The SMILES string of the molecule is CCC1CCCCC1OC(=O)C(C)(N)CC. The second-order valence-corrected chi connectivity index (χ2v) is 5.17. The molecule has 1 rings (SSSR count). The van der Waals surface area contributed by atoms with Crippen molar-refractivity contribution in [1.82, 2.24) is 0 Å². The third-order valence-electron chi connectivity index (χ3n) is 3.82. The van der Waals surface area contributed by atoms with Gasteiger partial charge in [0, 0.05) is 0 Å². The van der Waals surface area contributed by atoms with Crippen LogP contribution in [0.15, 0.2) is 0 Å². The van der Waals surface area contributed by atoms with Gasteiger partial charge in [-0.05, 0) is 44.9 Å². The Morgan fingerprint density at radius 2 is 2.00 bits per heavy atom. The molecule has 3 unspecified atom stereocenters. The summed E-state index contributed by atoms with van der Waals surface area (Å²) in [6, 6.07) is 0. The van der Waals surface area contributed by atoms with Crippen molar-refractivity contribution in [2.45, 2.75) is 70.9 Å². The summed E-state index contributed by atoms with van der Waals surface area (Å²) >= 11 is 0. The van der Waals surface area contributed by atoms with Crippen molar-refractivity contribution in [2.75, 3.05) is 0 Å². The molecule has 0 radical (unpaired) electrons. The second-order valence-electron chi connectivity index (χ2n) is 5.17. The molecule has 3 nitrogen and oxygen atoms in total. The fourth-order valence-corrected chi connectivity index (χ4v) is 2.21. The summed E-state index contributed by atoms with van der Waals surface area (Å²) in [4.78, 5) is 11.9. The van der Waals surface area contributed by atoms with Gasteiger partial charge in [-0.2, -0.15) is 0 Å². The maximum absolute atomic E-state index is 11.9. The highest BCUT2D eigenvalue weighted by Gasteiger charge is 2.33. The van der Waals surface area contributed by atoms with Gasteiger partial charge in [0.15, 0.2) is 0 Å². The maximum Gasteiger partial charge on any atom is 0.326 e. The number of hydrogen-bond acceptors (Lipinski definition) is 3. The van der Waals surface area contributed by atoms with Crippen LogP contribution < -0.4 is 5.73 Å². The van der Waals surface area contributed by atoms with E-state index < -0.39 is 5.54 Å². The van der Waals surface area contributed by atoms with Gasteiger partial charge in [-0.15, -0.1) is 0 Å². The summed E-state index contributed by atoms with van der Waals surface area (Å²) in [5.74, 6) is 0.297. The number of ether oxygens (including phenoxy) is 1. The normalized spacial score (nSPS) is 29.5. The van der Waals surface area contributed by atoms with Gasteiger partial charge in [0.2, 0.25) is 0 Å². The van der Waals surface area contributed by atoms with Crippen LogP contribution in [0.2, 0.25) is 0 Å². The number of esters is 1. The topological polar surface area (TPSA) is 52.3 Å². The predicted octanol–water partition coefficient (Wildman–Crippen LogP) is 2.63. The highest BCUT2D eigenvalue weighted by Crippen LogP contribution is 2.30. The van der Waals surface area contributed by atoms with E-state index in [2.05, 4.69) is 6.92 Å². The Morgan fingerprint density at radius 1 is 1.38 bits per heavy atom. The molecule has 0 bridgehead atoms. The molecule has 0 aromatic heterocycles. The largest absolute Gasteiger partial charge is 0.461 e. The Balaban J connectivity index is 2.54. The van der Waals surface area contributed by atoms with Crippen molar-refractivity contribution in [2.24, 2.45) is 11.7 Å². The minimum absolute atomic E-state index is 0.0978. The first-order valence-corrected chi connectivity index (χ1v) is 6.51. The smallest absolute Gasteiger partial charge is 0.326 e. The van der Waals surface area contributed by atoms with Crippen LogP contribution in [-0.4, -0.2) is 17.6 Å². The van der Waals surface area contributed by atoms with Gasteiger partial charge in [0.1, 0.15) is 11.6 Å². The van der Waals surface area contributed by atoms with Crippen LogP contribution in [0, 0.1) is 5.92 Å². The second kappa shape index (κ2) is 5.67. The van der Waals surface area contributed by atoms with Crippen LogP contribution >= 0.6 is 0 Å². The third-order valence-corrected chi connectivity index (χ3v) is 3.82. The molecular formula is C13H25NO2. The summed E-state index contributed by atoms with van der Waals surface area (Å²) in [6.07, 6.45) is 6.43. The Bertz CT molecular complexity index is 238. The highest BCUT2D eigenvalue weighted by molar-refractivity contribution is 5.80. The average molecular weight is 227 g/mol. The lowest BCUT2D eigenvalue weighted by atomic mass is 9.84. The zero-order chi connectivity index (χ0) is 12.2. The lowest BCUT2D eigenvalue weighted by molar-refractivity contribution is -0.159. The lowest BCUT2D eigenvalue weighted by Gasteiger charge is -2.33. The zero-order valence-corrected chi connectivity index (χ0v) is 10.8. The molecule has 1 aliphatic carbocycles. The van der Waals surface area contributed by atoms with Crippen LogP contribution in [0.4, 0.5) is 0 Å². The quantitative estimate of drug-likeness (QED) is 0.751. The first-order valence-electron chi connectivity index (χ1n) is 6.51. The van der Waals surface area contributed by atoms with E-state index in [1.54, 1.807) is 6.92 Å². The summed E-state index contributed by atoms with van der Waals surface area (Å²) in [6.45, 7) is 5.83. The van der Waals surface area contributed by atoms with Crippen molar-refractivity contribution in [3.63, 3.8) is 0 Å². The van der Waals surface area contributed by atoms with Crippen molar-refractivity contribution in [3.05, 3.63) is 0 Å². The molecule has 1 fully saturated rings. The number of rotatable bonds is 4. The molecule has 2 N–H and O–H groups in total. The fourth-order valence-electron chi connectivity index (χ4n) is 2.21. The van der Waals surface area contributed by atoms with E-state index in [9.17, 15) is 4.79 Å². The lowest BCUT2D eigenvalue weighted by Crippen LogP contribution is -2.47. The van der Waals surface area contributed by atoms with Gasteiger partial charge in [-0.25, -0.2) is 0 Å². The molecule has 0 saturated heterocycles. The van der Waals surface area contributed by atoms with Gasteiger partial charge in [-0.3, -0.25) is 4.79 Å². The van der Waals surface area contributed by atoms with Gasteiger partial charge in [-0.1, -0.05) is 20.3 Å². The van der Waals surface area contributed by atoms with Crippen LogP contribution in [0.1, 0.15) is 59.3 Å². The molecular weight excluding hydrogens is 202 g/mol. The predicted molar refractivity (Wildman–Crippen MR) is 65.0 cm³/mol. The van der Waals surface area contributed by atoms with Crippen LogP contribution in [0.3, 0.4) is 0 Å². The summed E-state index contributed by atoms with van der Waals surface area (Å²) in [5.41, 5.74) is 5.07. The van der Waals surface area contributed by atoms with E-state index in [0.717, 1.165) is 12.8 Å². The molecule has 0 aromatic carbocycles. The van der Waals surface area contributed by atoms with E-state index in [0.29, 0.717) is 12.3 Å². The Kier molecular flexibility index (Phi) is 4.78. The summed E-state index contributed by atoms with van der Waals surface area (Å²) < 4.78 is 5.59. The van der Waals surface area contributed by atoms with E-state index >= 15 is 0 Å². The molecule has 1 aliphatic rings. The molecule has 0 heterocycles. The standard InChI is InChI=1S/C13H25NO2/c1-4-10-8-6-7-9-11(10)16-12(15)13(3,14)5-2/h10-11H,4-9,14H2,1-3H3. The zero-order valence-electron chi connectivity index (χ0n) is 10.8. The molecule has 0 amide bonds. The van der Waals surface area contributed by atoms with E-state index in [1.165, 1.54) is 19.3 Å². The van der Waals surface area contributed by atoms with Crippen molar-refractivity contribution < 1.29 is 9.53 Å². The molecule has 3 heteroatoms. The van der Waals surface area contributed by atoms with Crippen LogP contribution in [0.25, 0.3) is 0 Å². The highest BCUT2D eigenvalue weighted by atomic mass is 16.5. The molecule has 94 valence electrons. The molecule has 16 heavy (non-hydrogen) atoms. The minimum Gasteiger partial charge on any atom is -0.461 e. The van der Waals surface area contributed by atoms with E-state index in [-0.39, 0.29) is 12.1 Å². The summed E-state index contributed by atoms with van der Waals surface area (Å²) in [5, 5.41) is 0. The number of carbonyl (C=O) groups excluding carboxylic acids is 1. The molecule has 0 spiro atoms. The Morgan fingerprint density at radius 3 is 2.56 bits per heavy atom. The summed E-state index contributed by atoms with van der Waals surface area (Å²) in [7, 11) is 0. The van der Waals surface area contributed by atoms with Crippen molar-refractivity contribution >= 4 is 5.97 Å². The molecule has 0 aliphatic heterocycles. The van der Waals surface area contributed by atoms with Gasteiger partial charge in [0.05, 0.1) is 0 Å². The monoisotopic (exact) mass is 227 g/mol. The number of hydrogen-bond donors (Lipinski definition) is 1. The van der Waals surface area contributed by atoms with Gasteiger partial charge in [0.25, 0.3) is 0 Å².